The van der Waals surface area contributed by atoms with E-state index in [0.717, 1.165) is 24.9 Å². The molecule has 1 aliphatic heterocycles. The van der Waals surface area contributed by atoms with Crippen LogP contribution in [0.1, 0.15) is 36.3 Å². The Morgan fingerprint density at radius 3 is 2.67 bits per heavy atom. The zero-order chi connectivity index (χ0) is 18.6. The van der Waals surface area contributed by atoms with E-state index in [1.54, 1.807) is 0 Å². The van der Waals surface area contributed by atoms with Crippen molar-refractivity contribution in [3.63, 3.8) is 0 Å². The van der Waals surface area contributed by atoms with Gasteiger partial charge in [-0.15, -0.1) is 0 Å². The van der Waals surface area contributed by atoms with E-state index in [9.17, 15) is 0 Å². The summed E-state index contributed by atoms with van der Waals surface area (Å²) in [7, 11) is 0. The number of fused-ring (bicyclic) bond motifs is 1. The maximum absolute atomic E-state index is 6.19. The molecule has 1 aromatic heterocycles. The van der Waals surface area contributed by atoms with Crippen LogP contribution in [0.5, 0.6) is 0 Å². The predicted molar refractivity (Wildman–Crippen MR) is 116 cm³/mol. The lowest BCUT2D eigenvalue weighted by Crippen LogP contribution is -2.37. The van der Waals surface area contributed by atoms with Crippen molar-refractivity contribution in [2.75, 3.05) is 6.54 Å². The normalized spacial score (nSPS) is 19.6. The van der Waals surface area contributed by atoms with Crippen molar-refractivity contribution in [3.8, 4) is 0 Å². The van der Waals surface area contributed by atoms with Crippen molar-refractivity contribution in [2.45, 2.75) is 37.6 Å². The molecule has 0 amide bonds. The Hall–Kier alpha value is -1.74. The standard InChI is InChI=1S/C23H24Cl2N2/c24-20-13-19-17(15-27-23(19)14-21(20)25)9-4-5-11-22-18(10-6-12-26-22)16-7-2-1-3-8-16/h1-3,6-8,10,13-15,18,22,26-27H,4-5,9,11-12H2. The number of aromatic nitrogens is 1. The summed E-state index contributed by atoms with van der Waals surface area (Å²) in [4.78, 5) is 3.31. The summed E-state index contributed by atoms with van der Waals surface area (Å²) in [5.41, 5.74) is 3.77. The summed E-state index contributed by atoms with van der Waals surface area (Å²) >= 11 is 12.3. The Kier molecular flexibility index (Phi) is 5.87. The molecule has 1 aliphatic rings. The monoisotopic (exact) mass is 398 g/mol. The molecule has 2 aromatic carbocycles. The lowest BCUT2D eigenvalue weighted by molar-refractivity contribution is 0.432. The molecule has 4 heteroatoms. The molecule has 2 heterocycles. The third kappa shape index (κ3) is 4.24. The summed E-state index contributed by atoms with van der Waals surface area (Å²) in [5.74, 6) is 0.467. The fraction of sp³-hybridized carbons (Fsp3) is 0.304. The Morgan fingerprint density at radius 2 is 1.81 bits per heavy atom. The molecular formula is C23H24Cl2N2. The molecule has 2 N–H and O–H groups in total. The van der Waals surface area contributed by atoms with Crippen LogP contribution in [0.3, 0.4) is 0 Å². The molecule has 0 bridgehead atoms. The molecule has 140 valence electrons. The summed E-state index contributed by atoms with van der Waals surface area (Å²) in [6.07, 6.45) is 11.3. The number of benzene rings is 2. The van der Waals surface area contributed by atoms with Crippen LogP contribution < -0.4 is 5.32 Å². The Labute approximate surface area is 170 Å². The van der Waals surface area contributed by atoms with Crippen molar-refractivity contribution in [2.24, 2.45) is 0 Å². The third-order valence-corrected chi connectivity index (χ3v) is 6.20. The van der Waals surface area contributed by atoms with Gasteiger partial charge in [-0.2, -0.15) is 0 Å². The SMILES string of the molecule is Clc1cc2[nH]cc(CCCCC3NCC=CC3c3ccccc3)c2cc1Cl. The van der Waals surface area contributed by atoms with Gasteiger partial charge < -0.3 is 10.3 Å². The van der Waals surface area contributed by atoms with Gasteiger partial charge in [0, 0.05) is 35.6 Å². The van der Waals surface area contributed by atoms with Crippen molar-refractivity contribution < 1.29 is 0 Å². The Morgan fingerprint density at radius 1 is 1.00 bits per heavy atom. The van der Waals surface area contributed by atoms with E-state index in [4.69, 9.17) is 23.2 Å². The summed E-state index contributed by atoms with van der Waals surface area (Å²) < 4.78 is 0. The van der Waals surface area contributed by atoms with Crippen molar-refractivity contribution in [1.29, 1.82) is 0 Å². The van der Waals surface area contributed by atoms with Gasteiger partial charge in [-0.3, -0.25) is 0 Å². The van der Waals surface area contributed by atoms with Crippen LogP contribution in [-0.4, -0.2) is 17.6 Å². The van der Waals surface area contributed by atoms with E-state index in [2.05, 4.69) is 59.0 Å². The van der Waals surface area contributed by atoms with Crippen molar-refractivity contribution >= 4 is 34.1 Å². The number of aryl methyl sites for hydroxylation is 1. The van der Waals surface area contributed by atoms with Crippen LogP contribution in [-0.2, 0) is 6.42 Å². The minimum atomic E-state index is 0.467. The molecule has 2 unspecified atom stereocenters. The van der Waals surface area contributed by atoms with E-state index in [-0.39, 0.29) is 0 Å². The number of hydrogen-bond acceptors (Lipinski definition) is 1. The maximum Gasteiger partial charge on any atom is 0.0613 e. The van der Waals surface area contributed by atoms with E-state index in [1.807, 2.05) is 12.1 Å². The highest BCUT2D eigenvalue weighted by Crippen LogP contribution is 2.31. The molecule has 27 heavy (non-hydrogen) atoms. The predicted octanol–water partition coefficient (Wildman–Crippen LogP) is 6.50. The number of hydrogen-bond donors (Lipinski definition) is 2. The molecule has 3 aromatic rings. The van der Waals surface area contributed by atoms with Crippen LogP contribution in [0.4, 0.5) is 0 Å². The first-order chi connectivity index (χ1) is 13.2. The highest BCUT2D eigenvalue weighted by Gasteiger charge is 2.22. The highest BCUT2D eigenvalue weighted by molar-refractivity contribution is 6.42. The number of H-pyrrole nitrogens is 1. The molecule has 0 saturated heterocycles. The minimum Gasteiger partial charge on any atom is -0.361 e. The van der Waals surface area contributed by atoms with Gasteiger partial charge in [0.1, 0.15) is 0 Å². The second-order valence-corrected chi connectivity index (χ2v) is 8.07. The van der Waals surface area contributed by atoms with Crippen LogP contribution >= 0.6 is 23.2 Å². The zero-order valence-corrected chi connectivity index (χ0v) is 16.7. The maximum atomic E-state index is 6.19. The first-order valence-corrected chi connectivity index (χ1v) is 10.4. The van der Waals surface area contributed by atoms with Crippen LogP contribution in [0, 0.1) is 0 Å². The molecule has 0 spiro atoms. The second-order valence-electron chi connectivity index (χ2n) is 7.25. The van der Waals surface area contributed by atoms with Crippen LogP contribution in [0.2, 0.25) is 10.0 Å². The smallest absolute Gasteiger partial charge is 0.0613 e. The number of rotatable bonds is 6. The Balaban J connectivity index is 1.36. The number of nitrogens with one attached hydrogen (secondary N) is 2. The fourth-order valence-corrected chi connectivity index (χ4v) is 4.38. The van der Waals surface area contributed by atoms with Crippen LogP contribution in [0.15, 0.2) is 60.8 Å². The van der Waals surface area contributed by atoms with E-state index >= 15 is 0 Å². The lowest BCUT2D eigenvalue weighted by atomic mass is 9.86. The lowest BCUT2D eigenvalue weighted by Gasteiger charge is -2.29. The van der Waals surface area contributed by atoms with E-state index in [1.165, 1.54) is 29.4 Å². The third-order valence-electron chi connectivity index (χ3n) is 5.48. The van der Waals surface area contributed by atoms with Crippen molar-refractivity contribution in [1.82, 2.24) is 10.3 Å². The number of unbranched alkanes of at least 4 members (excludes halogenated alkanes) is 1. The molecule has 0 aliphatic carbocycles. The minimum absolute atomic E-state index is 0.467. The van der Waals surface area contributed by atoms with Gasteiger partial charge in [-0.1, -0.05) is 72.1 Å². The molecule has 0 fully saturated rings. The zero-order valence-electron chi connectivity index (χ0n) is 15.2. The number of aromatic amines is 1. The Bertz CT molecular complexity index is 930. The average molecular weight is 399 g/mol. The summed E-state index contributed by atoms with van der Waals surface area (Å²) in [6.45, 7) is 0.968. The molecule has 0 radical (unpaired) electrons. The van der Waals surface area contributed by atoms with Gasteiger partial charge >= 0.3 is 0 Å². The summed E-state index contributed by atoms with van der Waals surface area (Å²) in [6, 6.07) is 15.2. The van der Waals surface area contributed by atoms with E-state index < -0.39 is 0 Å². The molecule has 2 atom stereocenters. The first-order valence-electron chi connectivity index (χ1n) is 9.62. The quantitative estimate of drug-likeness (QED) is 0.359. The van der Waals surface area contributed by atoms with Gasteiger partial charge in [0.15, 0.2) is 0 Å². The topological polar surface area (TPSA) is 27.8 Å². The first kappa shape index (κ1) is 18.6. The highest BCUT2D eigenvalue weighted by atomic mass is 35.5. The fourth-order valence-electron chi connectivity index (χ4n) is 4.06. The van der Waals surface area contributed by atoms with E-state index in [0.29, 0.717) is 22.0 Å². The van der Waals surface area contributed by atoms with Crippen LogP contribution in [0.25, 0.3) is 10.9 Å². The molecule has 4 rings (SSSR count). The average Bonchev–Trinajstić information content (AvgIpc) is 3.08. The largest absolute Gasteiger partial charge is 0.361 e. The van der Waals surface area contributed by atoms with Crippen molar-refractivity contribution in [3.05, 3.63) is 82.0 Å². The number of halogens is 2. The molecule has 0 saturated carbocycles. The van der Waals surface area contributed by atoms with Gasteiger partial charge in [0.25, 0.3) is 0 Å². The van der Waals surface area contributed by atoms with Gasteiger partial charge in [-0.05, 0) is 42.5 Å². The molecular weight excluding hydrogens is 375 g/mol. The van der Waals surface area contributed by atoms with Gasteiger partial charge in [0.05, 0.1) is 10.0 Å². The second kappa shape index (κ2) is 8.52. The molecule has 2 nitrogen and oxygen atoms in total. The van der Waals surface area contributed by atoms with Gasteiger partial charge in [-0.25, -0.2) is 0 Å². The summed E-state index contributed by atoms with van der Waals surface area (Å²) in [5, 5.41) is 6.08. The van der Waals surface area contributed by atoms with Gasteiger partial charge in [0.2, 0.25) is 0 Å².